The van der Waals surface area contributed by atoms with Crippen molar-refractivity contribution >= 4 is 46.3 Å². The Morgan fingerprint density at radius 1 is 1.19 bits per heavy atom. The number of thioether (sulfide) groups is 2. The van der Waals surface area contributed by atoms with E-state index in [9.17, 15) is 14.3 Å². The van der Waals surface area contributed by atoms with Crippen LogP contribution in [0.15, 0.2) is 74.7 Å². The number of methoxy groups -OCH3 is 1. The number of halogens is 1. The maximum atomic E-state index is 13.1. The molecule has 27 heavy (non-hydrogen) atoms. The smallest absolute Gasteiger partial charge is 0.344 e. The number of aliphatic hydroxyl groups is 1. The van der Waals surface area contributed by atoms with Crippen LogP contribution in [0.4, 0.5) is 10.1 Å². The summed E-state index contributed by atoms with van der Waals surface area (Å²) in [6.45, 7) is 0. The molecule has 0 unspecified atom stereocenters. The van der Waals surface area contributed by atoms with E-state index in [1.54, 1.807) is 17.8 Å². The van der Waals surface area contributed by atoms with E-state index < -0.39 is 5.97 Å². The van der Waals surface area contributed by atoms with Crippen molar-refractivity contribution in [2.24, 2.45) is 4.99 Å². The minimum absolute atomic E-state index is 0.00110. The summed E-state index contributed by atoms with van der Waals surface area (Å²) in [5.74, 6) is -1.23. The molecule has 0 saturated heterocycles. The lowest BCUT2D eigenvalue weighted by Crippen LogP contribution is -2.10. The first-order valence-corrected chi connectivity index (χ1v) is 9.96. The fourth-order valence-electron chi connectivity index (χ4n) is 2.37. The Morgan fingerprint density at radius 2 is 1.85 bits per heavy atom. The van der Waals surface area contributed by atoms with Crippen molar-refractivity contribution in [1.29, 1.82) is 0 Å². The van der Waals surface area contributed by atoms with Crippen LogP contribution in [0.1, 0.15) is 5.56 Å². The number of esters is 1. The molecule has 0 aromatic heterocycles. The number of aliphatic imine (C=N–C) groups is 1. The maximum Gasteiger partial charge on any atom is 0.344 e. The molecular weight excluding hydrogens is 385 g/mol. The van der Waals surface area contributed by atoms with Crippen molar-refractivity contribution < 1.29 is 19.0 Å². The zero-order valence-corrected chi connectivity index (χ0v) is 16.2. The molecule has 0 aliphatic carbocycles. The Hall–Kier alpha value is -2.51. The van der Waals surface area contributed by atoms with Crippen molar-refractivity contribution in [2.45, 2.75) is 4.90 Å². The van der Waals surface area contributed by atoms with Crippen molar-refractivity contribution in [1.82, 2.24) is 0 Å². The van der Waals surface area contributed by atoms with Crippen molar-refractivity contribution in [3.05, 3.63) is 76.1 Å². The summed E-state index contributed by atoms with van der Waals surface area (Å²) >= 11 is 2.80. The normalized spacial score (nSPS) is 17.0. The van der Waals surface area contributed by atoms with Crippen LogP contribution in [-0.2, 0) is 9.53 Å². The molecule has 3 rings (SSSR count). The van der Waals surface area contributed by atoms with E-state index in [0.717, 1.165) is 22.2 Å². The maximum absolute atomic E-state index is 13.1. The van der Waals surface area contributed by atoms with Gasteiger partial charge >= 0.3 is 5.97 Å². The summed E-state index contributed by atoms with van der Waals surface area (Å²) in [5, 5.41) is 10.9. The fourth-order valence-corrected chi connectivity index (χ4v) is 3.82. The summed E-state index contributed by atoms with van der Waals surface area (Å²) in [5.41, 5.74) is 1.35. The standard InChI is InChI=1S/C20H16FNO3S2/c1-25-20(24)17-18(23)16(11-12-3-9-15(26-2)10-4-12)27-19(17)22-14-7-5-13(21)6-8-14/h3-11,23H,1-2H3/b16-11-,22-19?. The molecule has 0 radical (unpaired) electrons. The number of hydrogen-bond donors (Lipinski definition) is 1. The van der Waals surface area contributed by atoms with Crippen LogP contribution in [0, 0.1) is 5.82 Å². The van der Waals surface area contributed by atoms with Crippen LogP contribution in [0.25, 0.3) is 6.08 Å². The number of aliphatic hydroxyl groups excluding tert-OH is 1. The van der Waals surface area contributed by atoms with Gasteiger partial charge in [-0.05, 0) is 54.3 Å². The molecule has 0 amide bonds. The molecule has 0 spiro atoms. The third-order valence-electron chi connectivity index (χ3n) is 3.75. The molecular formula is C20H16FNO3S2. The van der Waals surface area contributed by atoms with Gasteiger partial charge in [0.25, 0.3) is 0 Å². The SMILES string of the molecule is COC(=O)C1=C(O)/C(=C/c2ccc(SC)cc2)SC1=Nc1ccc(F)cc1. The first-order valence-electron chi connectivity index (χ1n) is 7.92. The van der Waals surface area contributed by atoms with E-state index in [0.29, 0.717) is 15.6 Å². The molecule has 0 bridgehead atoms. The third-order valence-corrected chi connectivity index (χ3v) is 5.51. The number of carbonyl (C=O) groups is 1. The lowest BCUT2D eigenvalue weighted by molar-refractivity contribution is -0.135. The van der Waals surface area contributed by atoms with Crippen LogP contribution >= 0.6 is 23.5 Å². The van der Waals surface area contributed by atoms with Crippen LogP contribution in [0.5, 0.6) is 0 Å². The predicted molar refractivity (Wildman–Crippen MR) is 109 cm³/mol. The highest BCUT2D eigenvalue weighted by atomic mass is 32.2. The third kappa shape index (κ3) is 4.43. The second-order valence-corrected chi connectivity index (χ2v) is 7.40. The predicted octanol–water partition coefficient (Wildman–Crippen LogP) is 5.35. The molecule has 1 heterocycles. The van der Waals surface area contributed by atoms with Gasteiger partial charge < -0.3 is 9.84 Å². The molecule has 7 heteroatoms. The van der Waals surface area contributed by atoms with Gasteiger partial charge in [0, 0.05) is 4.90 Å². The van der Waals surface area contributed by atoms with Crippen molar-refractivity contribution in [3.8, 4) is 0 Å². The van der Waals surface area contributed by atoms with Crippen LogP contribution in [0.2, 0.25) is 0 Å². The lowest BCUT2D eigenvalue weighted by atomic mass is 10.1. The average molecular weight is 401 g/mol. The highest BCUT2D eigenvalue weighted by Gasteiger charge is 2.32. The Balaban J connectivity index is 1.99. The molecule has 1 aliphatic heterocycles. The number of carbonyl (C=O) groups excluding carboxylic acids is 1. The van der Waals surface area contributed by atoms with E-state index in [1.807, 2.05) is 30.5 Å². The number of ether oxygens (including phenoxy) is 1. The van der Waals surface area contributed by atoms with E-state index in [1.165, 1.54) is 31.4 Å². The van der Waals surface area contributed by atoms with Gasteiger partial charge in [-0.2, -0.15) is 0 Å². The Morgan fingerprint density at radius 3 is 2.44 bits per heavy atom. The number of benzene rings is 2. The van der Waals surface area contributed by atoms with Crippen LogP contribution in [-0.4, -0.2) is 29.5 Å². The van der Waals surface area contributed by atoms with E-state index in [4.69, 9.17) is 4.74 Å². The highest BCUT2D eigenvalue weighted by Crippen LogP contribution is 2.40. The minimum atomic E-state index is -0.679. The summed E-state index contributed by atoms with van der Waals surface area (Å²) in [6.07, 6.45) is 3.77. The Bertz CT molecular complexity index is 948. The summed E-state index contributed by atoms with van der Waals surface area (Å²) in [7, 11) is 1.24. The van der Waals surface area contributed by atoms with Crippen molar-refractivity contribution in [3.63, 3.8) is 0 Å². The average Bonchev–Trinajstić information content (AvgIpc) is 2.98. The van der Waals surface area contributed by atoms with Gasteiger partial charge in [0.05, 0.1) is 17.7 Å². The highest BCUT2D eigenvalue weighted by molar-refractivity contribution is 8.18. The van der Waals surface area contributed by atoms with Gasteiger partial charge in [-0.15, -0.1) is 11.8 Å². The molecule has 0 fully saturated rings. The molecule has 4 nitrogen and oxygen atoms in total. The molecule has 138 valence electrons. The molecule has 2 aromatic rings. The number of rotatable bonds is 4. The minimum Gasteiger partial charge on any atom is -0.506 e. The largest absolute Gasteiger partial charge is 0.506 e. The topological polar surface area (TPSA) is 58.9 Å². The molecule has 0 saturated carbocycles. The van der Waals surface area contributed by atoms with E-state index in [2.05, 4.69) is 4.99 Å². The van der Waals surface area contributed by atoms with Crippen LogP contribution < -0.4 is 0 Å². The molecule has 2 aromatic carbocycles. The molecule has 1 N–H and O–H groups in total. The molecule has 1 aliphatic rings. The van der Waals surface area contributed by atoms with E-state index in [-0.39, 0.29) is 17.1 Å². The zero-order valence-electron chi connectivity index (χ0n) is 14.6. The van der Waals surface area contributed by atoms with Gasteiger partial charge in [0.2, 0.25) is 0 Å². The Labute approximate surface area is 164 Å². The van der Waals surface area contributed by atoms with Gasteiger partial charge in [-0.25, -0.2) is 14.2 Å². The van der Waals surface area contributed by atoms with Gasteiger partial charge in [-0.3, -0.25) is 0 Å². The first kappa shape index (κ1) is 19.3. The van der Waals surface area contributed by atoms with Gasteiger partial charge in [0.1, 0.15) is 22.2 Å². The second-order valence-electron chi connectivity index (χ2n) is 5.49. The van der Waals surface area contributed by atoms with E-state index >= 15 is 0 Å². The molecule has 0 atom stereocenters. The van der Waals surface area contributed by atoms with Gasteiger partial charge in [-0.1, -0.05) is 23.9 Å². The number of hydrogen-bond acceptors (Lipinski definition) is 6. The quantitative estimate of drug-likeness (QED) is 0.553. The summed E-state index contributed by atoms with van der Waals surface area (Å²) in [6, 6.07) is 13.4. The number of nitrogens with zero attached hydrogens (tertiary/aromatic N) is 1. The van der Waals surface area contributed by atoms with Crippen LogP contribution in [0.3, 0.4) is 0 Å². The lowest BCUT2D eigenvalue weighted by Gasteiger charge is -2.01. The zero-order chi connectivity index (χ0) is 19.4. The first-order chi connectivity index (χ1) is 13.0. The van der Waals surface area contributed by atoms with Crippen molar-refractivity contribution in [2.75, 3.05) is 13.4 Å². The monoisotopic (exact) mass is 401 g/mol. The summed E-state index contributed by atoms with van der Waals surface area (Å²) < 4.78 is 17.9. The second kappa shape index (κ2) is 8.45. The summed E-state index contributed by atoms with van der Waals surface area (Å²) in [4.78, 5) is 18.1. The van der Waals surface area contributed by atoms with Gasteiger partial charge in [0.15, 0.2) is 0 Å². The Kier molecular flexibility index (Phi) is 6.03. The fraction of sp³-hybridized carbons (Fsp3) is 0.100.